The third kappa shape index (κ3) is 17.3. The summed E-state index contributed by atoms with van der Waals surface area (Å²) >= 11 is 0. The fourth-order valence-electron chi connectivity index (χ4n) is 1.73. The highest BCUT2D eigenvalue weighted by Gasteiger charge is 2.22. The molecule has 0 aliphatic heterocycles. The van der Waals surface area contributed by atoms with Crippen molar-refractivity contribution in [3.8, 4) is 0 Å². The van der Waals surface area contributed by atoms with E-state index in [0.717, 1.165) is 12.5 Å². The van der Waals surface area contributed by atoms with Gasteiger partial charge >= 0.3 is 11.9 Å². The molecule has 100 valence electrons. The standard InChI is InChI=1S/C9H18O2.C4H6O2/c1-7(2)5-9(3,4)6-8(10)11;1-2-3-4(5)6/h7H,5-6H2,1-4H3,(H,10,11);2-3H,1H3,(H,5,6)/b;3-2+. The lowest BCUT2D eigenvalue weighted by molar-refractivity contribution is -0.139. The topological polar surface area (TPSA) is 74.6 Å². The van der Waals surface area contributed by atoms with E-state index in [4.69, 9.17) is 10.2 Å². The summed E-state index contributed by atoms with van der Waals surface area (Å²) in [5.41, 5.74) is -0.0556. The van der Waals surface area contributed by atoms with Crippen LogP contribution in [0.4, 0.5) is 0 Å². The molecule has 0 aromatic rings. The van der Waals surface area contributed by atoms with Crippen LogP contribution in [0.15, 0.2) is 12.2 Å². The van der Waals surface area contributed by atoms with Gasteiger partial charge in [0.2, 0.25) is 0 Å². The van der Waals surface area contributed by atoms with Gasteiger partial charge in [0.05, 0.1) is 6.42 Å². The molecule has 0 radical (unpaired) electrons. The molecule has 0 aliphatic carbocycles. The maximum absolute atomic E-state index is 10.4. The Morgan fingerprint density at radius 1 is 1.24 bits per heavy atom. The molecule has 0 amide bonds. The fourth-order valence-corrected chi connectivity index (χ4v) is 1.73. The van der Waals surface area contributed by atoms with E-state index in [0.29, 0.717) is 5.92 Å². The van der Waals surface area contributed by atoms with Crippen LogP contribution >= 0.6 is 0 Å². The zero-order valence-corrected chi connectivity index (χ0v) is 11.4. The molecule has 0 bridgehead atoms. The average Bonchev–Trinajstić information content (AvgIpc) is 1.97. The van der Waals surface area contributed by atoms with Gasteiger partial charge in [-0.25, -0.2) is 4.79 Å². The third-order valence-electron chi connectivity index (χ3n) is 1.90. The van der Waals surface area contributed by atoms with Crippen LogP contribution in [0.2, 0.25) is 0 Å². The number of allylic oxidation sites excluding steroid dienone is 1. The van der Waals surface area contributed by atoms with Crippen molar-refractivity contribution < 1.29 is 19.8 Å². The minimum atomic E-state index is -0.891. The first-order valence-corrected chi connectivity index (χ1v) is 5.68. The predicted octanol–water partition coefficient (Wildman–Crippen LogP) is 3.18. The van der Waals surface area contributed by atoms with E-state index >= 15 is 0 Å². The molecule has 0 unspecified atom stereocenters. The summed E-state index contributed by atoms with van der Waals surface area (Å²) in [5.74, 6) is -1.02. The Kier molecular flexibility index (Phi) is 9.33. The Hall–Kier alpha value is -1.32. The van der Waals surface area contributed by atoms with Crippen LogP contribution in [0, 0.1) is 11.3 Å². The molecule has 0 aliphatic rings. The van der Waals surface area contributed by atoms with Gasteiger partial charge in [0.25, 0.3) is 0 Å². The normalized spacial score (nSPS) is 11.2. The summed E-state index contributed by atoms with van der Waals surface area (Å²) in [5, 5.41) is 16.4. The van der Waals surface area contributed by atoms with E-state index in [-0.39, 0.29) is 11.8 Å². The van der Waals surface area contributed by atoms with E-state index in [2.05, 4.69) is 13.8 Å². The molecule has 17 heavy (non-hydrogen) atoms. The highest BCUT2D eigenvalue weighted by Crippen LogP contribution is 2.28. The van der Waals surface area contributed by atoms with Crippen molar-refractivity contribution in [2.24, 2.45) is 11.3 Å². The van der Waals surface area contributed by atoms with Crippen LogP contribution in [0.3, 0.4) is 0 Å². The van der Waals surface area contributed by atoms with Gasteiger partial charge in [0, 0.05) is 6.08 Å². The molecular weight excluding hydrogens is 220 g/mol. The quantitative estimate of drug-likeness (QED) is 0.728. The number of hydrogen-bond acceptors (Lipinski definition) is 2. The second kappa shape index (κ2) is 8.79. The molecular formula is C13H24O4. The van der Waals surface area contributed by atoms with E-state index in [1.165, 1.54) is 6.08 Å². The molecule has 4 nitrogen and oxygen atoms in total. The second-order valence-corrected chi connectivity index (χ2v) is 5.17. The molecule has 0 aromatic heterocycles. The van der Waals surface area contributed by atoms with E-state index < -0.39 is 11.9 Å². The summed E-state index contributed by atoms with van der Waals surface area (Å²) in [6.45, 7) is 9.89. The monoisotopic (exact) mass is 244 g/mol. The van der Waals surface area contributed by atoms with Gasteiger partial charge in [-0.05, 0) is 24.7 Å². The maximum atomic E-state index is 10.4. The van der Waals surface area contributed by atoms with Crippen LogP contribution in [-0.2, 0) is 9.59 Å². The summed E-state index contributed by atoms with van der Waals surface area (Å²) < 4.78 is 0. The van der Waals surface area contributed by atoms with Crippen molar-refractivity contribution >= 4 is 11.9 Å². The first-order valence-electron chi connectivity index (χ1n) is 5.68. The van der Waals surface area contributed by atoms with Gasteiger partial charge in [-0.2, -0.15) is 0 Å². The first kappa shape index (κ1) is 18.1. The van der Waals surface area contributed by atoms with Gasteiger partial charge in [-0.3, -0.25) is 4.79 Å². The van der Waals surface area contributed by atoms with Gasteiger partial charge < -0.3 is 10.2 Å². The Labute approximate surface area is 103 Å². The van der Waals surface area contributed by atoms with E-state index in [1.807, 2.05) is 13.8 Å². The highest BCUT2D eigenvalue weighted by molar-refractivity contribution is 5.79. The average molecular weight is 244 g/mol. The number of carbonyl (C=O) groups is 2. The van der Waals surface area contributed by atoms with Gasteiger partial charge in [-0.1, -0.05) is 33.8 Å². The van der Waals surface area contributed by atoms with Gasteiger partial charge in [0.1, 0.15) is 0 Å². The molecule has 0 aromatic carbocycles. The van der Waals surface area contributed by atoms with Crippen molar-refractivity contribution in [3.63, 3.8) is 0 Å². The third-order valence-corrected chi connectivity index (χ3v) is 1.90. The number of rotatable bonds is 5. The molecule has 0 heterocycles. The number of hydrogen-bond donors (Lipinski definition) is 2. The number of carboxylic acids is 2. The van der Waals surface area contributed by atoms with Gasteiger partial charge in [0.15, 0.2) is 0 Å². The van der Waals surface area contributed by atoms with Crippen molar-refractivity contribution in [3.05, 3.63) is 12.2 Å². The Morgan fingerprint density at radius 2 is 1.71 bits per heavy atom. The smallest absolute Gasteiger partial charge is 0.327 e. The van der Waals surface area contributed by atoms with Crippen molar-refractivity contribution in [1.29, 1.82) is 0 Å². The summed E-state index contributed by atoms with van der Waals surface area (Å²) in [7, 11) is 0. The number of aliphatic carboxylic acids is 2. The number of carboxylic acid groups (broad SMARTS) is 2. The molecule has 0 fully saturated rings. The Morgan fingerprint density at radius 3 is 1.88 bits per heavy atom. The summed E-state index contributed by atoms with van der Waals surface area (Å²) in [4.78, 5) is 19.9. The molecule has 0 spiro atoms. The van der Waals surface area contributed by atoms with Crippen LogP contribution in [-0.4, -0.2) is 22.2 Å². The molecule has 0 atom stereocenters. The first-order chi connectivity index (χ1) is 7.60. The molecule has 0 saturated heterocycles. The molecule has 0 rings (SSSR count). The SMILES string of the molecule is C/C=C/C(=O)O.CC(C)CC(C)(C)CC(=O)O. The fraction of sp³-hybridized carbons (Fsp3) is 0.692. The lowest BCUT2D eigenvalue weighted by Crippen LogP contribution is -2.18. The molecule has 0 saturated carbocycles. The Bertz CT molecular complexity index is 265. The van der Waals surface area contributed by atoms with E-state index in [9.17, 15) is 9.59 Å². The van der Waals surface area contributed by atoms with Crippen LogP contribution in [0.5, 0.6) is 0 Å². The van der Waals surface area contributed by atoms with Crippen molar-refractivity contribution in [2.45, 2.75) is 47.5 Å². The zero-order valence-electron chi connectivity index (χ0n) is 11.4. The largest absolute Gasteiger partial charge is 0.481 e. The Balaban J connectivity index is 0. The highest BCUT2D eigenvalue weighted by atomic mass is 16.4. The van der Waals surface area contributed by atoms with E-state index in [1.54, 1.807) is 6.92 Å². The predicted molar refractivity (Wildman–Crippen MR) is 67.9 cm³/mol. The minimum absolute atomic E-state index is 0.0556. The summed E-state index contributed by atoms with van der Waals surface area (Å²) in [6.07, 6.45) is 3.80. The zero-order chi connectivity index (χ0) is 14.1. The minimum Gasteiger partial charge on any atom is -0.481 e. The maximum Gasteiger partial charge on any atom is 0.327 e. The lowest BCUT2D eigenvalue weighted by atomic mass is 9.81. The summed E-state index contributed by atoms with van der Waals surface area (Å²) in [6, 6.07) is 0. The van der Waals surface area contributed by atoms with Crippen LogP contribution in [0.1, 0.15) is 47.5 Å². The second-order valence-electron chi connectivity index (χ2n) is 5.17. The molecule has 4 heteroatoms. The van der Waals surface area contributed by atoms with Crippen LogP contribution < -0.4 is 0 Å². The van der Waals surface area contributed by atoms with Crippen LogP contribution in [0.25, 0.3) is 0 Å². The molecule has 2 N–H and O–H groups in total. The van der Waals surface area contributed by atoms with Crippen molar-refractivity contribution in [2.75, 3.05) is 0 Å². The van der Waals surface area contributed by atoms with Crippen molar-refractivity contribution in [1.82, 2.24) is 0 Å². The lowest BCUT2D eigenvalue weighted by Gasteiger charge is -2.24. The van der Waals surface area contributed by atoms with Gasteiger partial charge in [-0.15, -0.1) is 0 Å².